The molecule has 0 saturated heterocycles. The summed E-state index contributed by atoms with van der Waals surface area (Å²) in [7, 11) is 0. The average molecular weight is 282 g/mol. The van der Waals surface area contributed by atoms with Crippen molar-refractivity contribution in [2.24, 2.45) is 5.92 Å². The van der Waals surface area contributed by atoms with Gasteiger partial charge in [-0.25, -0.2) is 0 Å². The molecule has 1 aromatic rings. The average Bonchev–Trinajstić information content (AvgIpc) is 2.45. The summed E-state index contributed by atoms with van der Waals surface area (Å²) in [5, 5.41) is 7.99. The molecule has 1 aromatic carbocycles. The van der Waals surface area contributed by atoms with Gasteiger partial charge in [-0.2, -0.15) is 0 Å². The molecule has 0 aliphatic carbocycles. The Morgan fingerprint density at radius 2 is 1.70 bits per heavy atom. The van der Waals surface area contributed by atoms with Gasteiger partial charge in [-0.3, -0.25) is 9.59 Å². The van der Waals surface area contributed by atoms with Crippen LogP contribution in [0.4, 0.5) is 0 Å². The van der Waals surface area contributed by atoms with Crippen molar-refractivity contribution in [2.45, 2.75) is 27.2 Å². The molecule has 0 amide bonds. The highest BCUT2D eigenvalue weighted by atomic mass is 16.6. The number of aliphatic carboxylic acids is 1. The Kier molecular flexibility index (Phi) is 9.74. The zero-order valence-corrected chi connectivity index (χ0v) is 12.2. The molecule has 20 heavy (non-hydrogen) atoms. The number of carbonyl (C=O) groups is 2. The van der Waals surface area contributed by atoms with Crippen LogP contribution in [0.3, 0.4) is 0 Å². The van der Waals surface area contributed by atoms with Gasteiger partial charge >= 0.3 is 11.9 Å². The van der Waals surface area contributed by atoms with E-state index in [9.17, 15) is 9.59 Å². The zero-order chi connectivity index (χ0) is 15.4. The topological polar surface area (TPSA) is 72.8 Å². The standard InChI is InChI=1S/C11H14O3.C4H8O2/c1-2-11(12)14-9-8-13-10-6-4-3-5-7-10;1-3(2)4(5)6/h3-7H,2,8-9H2,1H3;3H,1-2H3,(H,5,6). The fourth-order valence-corrected chi connectivity index (χ4v) is 0.934. The SMILES string of the molecule is CC(C)C(=O)O.CCC(=O)OCCOc1ccccc1. The Balaban J connectivity index is 0.000000511. The van der Waals surface area contributed by atoms with Crippen molar-refractivity contribution in [3.63, 3.8) is 0 Å². The van der Waals surface area contributed by atoms with E-state index < -0.39 is 5.97 Å². The highest BCUT2D eigenvalue weighted by Crippen LogP contribution is 2.07. The Hall–Kier alpha value is -2.04. The third kappa shape index (κ3) is 9.94. The van der Waals surface area contributed by atoms with Crippen LogP contribution in [0.1, 0.15) is 27.2 Å². The molecule has 0 radical (unpaired) electrons. The van der Waals surface area contributed by atoms with Crippen LogP contribution in [-0.2, 0) is 14.3 Å². The molecular weight excluding hydrogens is 260 g/mol. The van der Waals surface area contributed by atoms with Gasteiger partial charge in [-0.05, 0) is 12.1 Å². The first-order chi connectivity index (χ1) is 9.47. The molecule has 0 bridgehead atoms. The van der Waals surface area contributed by atoms with E-state index in [0.29, 0.717) is 19.6 Å². The maximum Gasteiger partial charge on any atom is 0.305 e. The van der Waals surface area contributed by atoms with E-state index >= 15 is 0 Å². The molecule has 112 valence electrons. The number of rotatable bonds is 6. The second-order valence-corrected chi connectivity index (χ2v) is 4.23. The molecule has 0 atom stereocenters. The number of carbonyl (C=O) groups excluding carboxylic acids is 1. The van der Waals surface area contributed by atoms with Crippen LogP contribution >= 0.6 is 0 Å². The van der Waals surface area contributed by atoms with Crippen LogP contribution < -0.4 is 4.74 Å². The molecule has 0 aliphatic heterocycles. The Bertz CT molecular complexity index is 387. The summed E-state index contributed by atoms with van der Waals surface area (Å²) in [6.07, 6.45) is 0.408. The highest BCUT2D eigenvalue weighted by molar-refractivity contribution is 5.69. The summed E-state index contributed by atoms with van der Waals surface area (Å²) >= 11 is 0. The van der Waals surface area contributed by atoms with Gasteiger partial charge in [0.25, 0.3) is 0 Å². The van der Waals surface area contributed by atoms with Crippen molar-refractivity contribution in [2.75, 3.05) is 13.2 Å². The molecule has 1 N–H and O–H groups in total. The minimum Gasteiger partial charge on any atom is -0.490 e. The zero-order valence-electron chi connectivity index (χ0n) is 12.2. The lowest BCUT2D eigenvalue weighted by atomic mass is 10.2. The summed E-state index contributed by atoms with van der Waals surface area (Å²) in [4.78, 5) is 20.4. The van der Waals surface area contributed by atoms with E-state index in [2.05, 4.69) is 0 Å². The van der Waals surface area contributed by atoms with Crippen molar-refractivity contribution in [1.29, 1.82) is 0 Å². The third-order valence-corrected chi connectivity index (χ3v) is 2.14. The minimum atomic E-state index is -0.741. The smallest absolute Gasteiger partial charge is 0.305 e. The van der Waals surface area contributed by atoms with Gasteiger partial charge in [0.15, 0.2) is 0 Å². The highest BCUT2D eigenvalue weighted by Gasteiger charge is 1.99. The van der Waals surface area contributed by atoms with Crippen LogP contribution in [0.5, 0.6) is 5.75 Å². The van der Waals surface area contributed by atoms with Crippen LogP contribution in [0.2, 0.25) is 0 Å². The summed E-state index contributed by atoms with van der Waals surface area (Å²) in [5.74, 6) is -0.373. The summed E-state index contributed by atoms with van der Waals surface area (Å²) in [6, 6.07) is 9.44. The van der Waals surface area contributed by atoms with Crippen molar-refractivity contribution in [3.05, 3.63) is 30.3 Å². The number of esters is 1. The van der Waals surface area contributed by atoms with Crippen LogP contribution in [0, 0.1) is 5.92 Å². The first-order valence-electron chi connectivity index (χ1n) is 6.53. The monoisotopic (exact) mass is 282 g/mol. The van der Waals surface area contributed by atoms with Crippen molar-refractivity contribution >= 4 is 11.9 Å². The molecule has 5 heteroatoms. The first kappa shape index (κ1) is 18.0. The van der Waals surface area contributed by atoms with E-state index in [1.54, 1.807) is 20.8 Å². The molecular formula is C15H22O5. The van der Waals surface area contributed by atoms with Gasteiger partial charge in [0.1, 0.15) is 19.0 Å². The molecule has 0 spiro atoms. The van der Waals surface area contributed by atoms with E-state index in [-0.39, 0.29) is 11.9 Å². The molecule has 0 unspecified atom stereocenters. The van der Waals surface area contributed by atoms with Crippen LogP contribution in [0.15, 0.2) is 30.3 Å². The van der Waals surface area contributed by atoms with Crippen molar-refractivity contribution in [1.82, 2.24) is 0 Å². The van der Waals surface area contributed by atoms with Crippen LogP contribution in [0.25, 0.3) is 0 Å². The Morgan fingerprint density at radius 3 is 2.15 bits per heavy atom. The first-order valence-corrected chi connectivity index (χ1v) is 6.53. The number of hydrogen-bond donors (Lipinski definition) is 1. The number of ether oxygens (including phenoxy) is 2. The molecule has 0 aromatic heterocycles. The van der Waals surface area contributed by atoms with Gasteiger partial charge in [0.2, 0.25) is 0 Å². The molecule has 0 aliphatic rings. The number of carboxylic acids is 1. The summed E-state index contributed by atoms with van der Waals surface area (Å²) in [6.45, 7) is 5.75. The van der Waals surface area contributed by atoms with E-state index in [1.807, 2.05) is 30.3 Å². The second-order valence-electron chi connectivity index (χ2n) is 4.23. The van der Waals surface area contributed by atoms with Gasteiger partial charge in [0.05, 0.1) is 5.92 Å². The minimum absolute atomic E-state index is 0.193. The number of benzene rings is 1. The quantitative estimate of drug-likeness (QED) is 0.641. The lowest BCUT2D eigenvalue weighted by Crippen LogP contribution is -2.10. The lowest BCUT2D eigenvalue weighted by Gasteiger charge is -2.05. The molecule has 0 fully saturated rings. The van der Waals surface area contributed by atoms with Gasteiger partial charge in [-0.1, -0.05) is 39.0 Å². The van der Waals surface area contributed by atoms with E-state index in [4.69, 9.17) is 14.6 Å². The number of para-hydroxylation sites is 1. The van der Waals surface area contributed by atoms with Gasteiger partial charge in [-0.15, -0.1) is 0 Å². The molecule has 5 nitrogen and oxygen atoms in total. The molecule has 1 rings (SSSR count). The van der Waals surface area contributed by atoms with Crippen molar-refractivity contribution in [3.8, 4) is 5.75 Å². The maximum absolute atomic E-state index is 10.7. The van der Waals surface area contributed by atoms with E-state index in [0.717, 1.165) is 5.75 Å². The third-order valence-electron chi connectivity index (χ3n) is 2.14. The molecule has 0 saturated carbocycles. The Morgan fingerprint density at radius 1 is 1.15 bits per heavy atom. The van der Waals surface area contributed by atoms with Gasteiger partial charge < -0.3 is 14.6 Å². The van der Waals surface area contributed by atoms with Crippen LogP contribution in [-0.4, -0.2) is 30.3 Å². The predicted octanol–water partition coefficient (Wildman–Crippen LogP) is 2.75. The summed E-state index contributed by atoms with van der Waals surface area (Å²) < 4.78 is 10.2. The number of hydrogen-bond acceptors (Lipinski definition) is 4. The van der Waals surface area contributed by atoms with E-state index in [1.165, 1.54) is 0 Å². The summed E-state index contributed by atoms with van der Waals surface area (Å²) in [5.41, 5.74) is 0. The Labute approximate surface area is 119 Å². The fraction of sp³-hybridized carbons (Fsp3) is 0.467. The predicted molar refractivity (Wildman–Crippen MR) is 75.7 cm³/mol. The van der Waals surface area contributed by atoms with Gasteiger partial charge in [0, 0.05) is 6.42 Å². The lowest BCUT2D eigenvalue weighted by molar-refractivity contribution is -0.144. The normalized spacial score (nSPS) is 9.40. The second kappa shape index (κ2) is 10.8. The number of carboxylic acid groups (broad SMARTS) is 1. The fourth-order valence-electron chi connectivity index (χ4n) is 0.934. The largest absolute Gasteiger partial charge is 0.490 e. The molecule has 0 heterocycles. The maximum atomic E-state index is 10.7. The van der Waals surface area contributed by atoms with Crippen molar-refractivity contribution < 1.29 is 24.2 Å².